The van der Waals surface area contributed by atoms with Gasteiger partial charge in [0, 0.05) is 24.1 Å². The van der Waals surface area contributed by atoms with Gasteiger partial charge in [0.2, 0.25) is 0 Å². The zero-order valence-electron chi connectivity index (χ0n) is 13.0. The maximum atomic E-state index is 4.49. The zero-order chi connectivity index (χ0) is 15.5. The fourth-order valence-electron chi connectivity index (χ4n) is 2.34. The lowest BCUT2D eigenvalue weighted by molar-refractivity contribution is 0.804. The molecule has 112 valence electrons. The summed E-state index contributed by atoms with van der Waals surface area (Å²) in [4.78, 5) is 8.92. The summed E-state index contributed by atoms with van der Waals surface area (Å²) in [5.41, 5.74) is 4.19. The monoisotopic (exact) mass is 293 g/mol. The number of hydrogen-bond acceptors (Lipinski definition) is 4. The number of anilines is 1. The number of nitrogens with zero attached hydrogens (tertiary/aromatic N) is 4. The average molecular weight is 293 g/mol. The molecule has 0 saturated carbocycles. The van der Waals surface area contributed by atoms with Crippen LogP contribution in [0.2, 0.25) is 0 Å². The van der Waals surface area contributed by atoms with Crippen molar-refractivity contribution in [3.8, 4) is 5.82 Å². The Morgan fingerprint density at radius 2 is 1.91 bits per heavy atom. The lowest BCUT2D eigenvalue weighted by Gasteiger charge is -2.07. The minimum absolute atomic E-state index is 0.695. The van der Waals surface area contributed by atoms with Gasteiger partial charge in [0.05, 0.1) is 5.69 Å². The largest absolute Gasteiger partial charge is 0.366 e. The SMILES string of the molecule is Cc1cccc(NCc2ccc(-n3nc(C)cc3C)nc2)n1. The third-order valence-electron chi connectivity index (χ3n) is 3.40. The molecule has 0 aliphatic heterocycles. The topological polar surface area (TPSA) is 55.6 Å². The van der Waals surface area contributed by atoms with Crippen molar-refractivity contribution in [1.29, 1.82) is 0 Å². The first kappa shape index (κ1) is 14.3. The molecule has 0 aliphatic carbocycles. The molecule has 3 aromatic rings. The maximum Gasteiger partial charge on any atom is 0.153 e. The molecular formula is C17H19N5. The molecule has 0 radical (unpaired) electrons. The van der Waals surface area contributed by atoms with E-state index in [1.807, 2.05) is 62.0 Å². The fraction of sp³-hybridized carbons (Fsp3) is 0.235. The molecule has 3 aromatic heterocycles. The van der Waals surface area contributed by atoms with E-state index in [0.29, 0.717) is 6.54 Å². The van der Waals surface area contributed by atoms with Crippen LogP contribution in [0, 0.1) is 20.8 Å². The minimum atomic E-state index is 0.695. The lowest BCUT2D eigenvalue weighted by atomic mass is 10.2. The minimum Gasteiger partial charge on any atom is -0.366 e. The standard InChI is InChI=1S/C17H19N5/c1-12-5-4-6-16(20-12)18-10-15-7-8-17(19-11-15)22-14(3)9-13(2)21-22/h4-9,11H,10H2,1-3H3,(H,18,20). The highest BCUT2D eigenvalue weighted by molar-refractivity contribution is 5.37. The second kappa shape index (κ2) is 5.97. The van der Waals surface area contributed by atoms with Gasteiger partial charge in [0.25, 0.3) is 0 Å². The number of nitrogens with one attached hydrogen (secondary N) is 1. The van der Waals surface area contributed by atoms with E-state index in [1.54, 1.807) is 0 Å². The summed E-state index contributed by atoms with van der Waals surface area (Å²) in [6.45, 7) is 6.69. The van der Waals surface area contributed by atoms with Crippen LogP contribution in [0.4, 0.5) is 5.82 Å². The van der Waals surface area contributed by atoms with E-state index in [9.17, 15) is 0 Å². The van der Waals surface area contributed by atoms with Gasteiger partial charge in [-0.05, 0) is 50.6 Å². The Morgan fingerprint density at radius 3 is 2.55 bits per heavy atom. The van der Waals surface area contributed by atoms with Crippen LogP contribution in [0.5, 0.6) is 0 Å². The van der Waals surface area contributed by atoms with Gasteiger partial charge in [-0.1, -0.05) is 12.1 Å². The van der Waals surface area contributed by atoms with Crippen molar-refractivity contribution in [3.63, 3.8) is 0 Å². The fourth-order valence-corrected chi connectivity index (χ4v) is 2.34. The van der Waals surface area contributed by atoms with Crippen molar-refractivity contribution in [1.82, 2.24) is 19.7 Å². The van der Waals surface area contributed by atoms with Crippen LogP contribution >= 0.6 is 0 Å². The van der Waals surface area contributed by atoms with E-state index in [-0.39, 0.29) is 0 Å². The summed E-state index contributed by atoms with van der Waals surface area (Å²) in [6, 6.07) is 12.0. The first-order valence-corrected chi connectivity index (χ1v) is 7.28. The van der Waals surface area contributed by atoms with E-state index in [0.717, 1.165) is 34.3 Å². The Hall–Kier alpha value is -2.69. The Labute approximate surface area is 130 Å². The zero-order valence-corrected chi connectivity index (χ0v) is 13.0. The molecule has 0 bridgehead atoms. The summed E-state index contributed by atoms with van der Waals surface area (Å²) >= 11 is 0. The molecule has 0 unspecified atom stereocenters. The Morgan fingerprint density at radius 1 is 1.05 bits per heavy atom. The molecule has 3 heterocycles. The van der Waals surface area contributed by atoms with Crippen molar-refractivity contribution >= 4 is 5.82 Å². The normalized spacial score (nSPS) is 10.7. The molecule has 5 nitrogen and oxygen atoms in total. The third kappa shape index (κ3) is 3.14. The van der Waals surface area contributed by atoms with Gasteiger partial charge in [-0.15, -0.1) is 0 Å². The molecule has 3 rings (SSSR count). The van der Waals surface area contributed by atoms with Gasteiger partial charge >= 0.3 is 0 Å². The molecule has 0 saturated heterocycles. The van der Waals surface area contributed by atoms with Crippen LogP contribution < -0.4 is 5.32 Å². The van der Waals surface area contributed by atoms with Crippen molar-refractivity contribution in [3.05, 3.63) is 65.2 Å². The highest BCUT2D eigenvalue weighted by atomic mass is 15.3. The van der Waals surface area contributed by atoms with Gasteiger partial charge in [-0.2, -0.15) is 5.10 Å². The predicted octanol–water partition coefficient (Wildman–Crippen LogP) is 3.20. The molecule has 22 heavy (non-hydrogen) atoms. The highest BCUT2D eigenvalue weighted by Gasteiger charge is 2.05. The lowest BCUT2D eigenvalue weighted by Crippen LogP contribution is -2.05. The first-order valence-electron chi connectivity index (χ1n) is 7.28. The predicted molar refractivity (Wildman–Crippen MR) is 87.1 cm³/mol. The van der Waals surface area contributed by atoms with Crippen LogP contribution in [0.25, 0.3) is 5.82 Å². The van der Waals surface area contributed by atoms with Crippen molar-refractivity contribution in [2.45, 2.75) is 27.3 Å². The van der Waals surface area contributed by atoms with E-state index >= 15 is 0 Å². The van der Waals surface area contributed by atoms with Gasteiger partial charge < -0.3 is 5.32 Å². The molecule has 0 atom stereocenters. The molecule has 0 amide bonds. The summed E-state index contributed by atoms with van der Waals surface area (Å²) in [5, 5.41) is 7.74. The van der Waals surface area contributed by atoms with Crippen LogP contribution in [-0.2, 0) is 6.54 Å². The van der Waals surface area contributed by atoms with Crippen LogP contribution in [0.3, 0.4) is 0 Å². The maximum absolute atomic E-state index is 4.49. The van der Waals surface area contributed by atoms with E-state index in [2.05, 4.69) is 26.4 Å². The number of rotatable bonds is 4. The third-order valence-corrected chi connectivity index (χ3v) is 3.40. The van der Waals surface area contributed by atoms with E-state index in [4.69, 9.17) is 0 Å². The molecular weight excluding hydrogens is 274 g/mol. The van der Waals surface area contributed by atoms with E-state index < -0.39 is 0 Å². The second-order valence-electron chi connectivity index (χ2n) is 5.38. The summed E-state index contributed by atoms with van der Waals surface area (Å²) in [6.07, 6.45) is 1.87. The number of pyridine rings is 2. The van der Waals surface area contributed by atoms with Crippen molar-refractivity contribution in [2.24, 2.45) is 0 Å². The summed E-state index contributed by atoms with van der Waals surface area (Å²) in [5.74, 6) is 1.71. The summed E-state index contributed by atoms with van der Waals surface area (Å²) < 4.78 is 1.86. The highest BCUT2D eigenvalue weighted by Crippen LogP contribution is 2.11. The van der Waals surface area contributed by atoms with Gasteiger partial charge in [0.15, 0.2) is 5.82 Å². The van der Waals surface area contributed by atoms with Gasteiger partial charge in [0.1, 0.15) is 5.82 Å². The van der Waals surface area contributed by atoms with E-state index in [1.165, 1.54) is 0 Å². The van der Waals surface area contributed by atoms with Crippen LogP contribution in [0.15, 0.2) is 42.6 Å². The Balaban J connectivity index is 1.70. The number of hydrogen-bond donors (Lipinski definition) is 1. The number of aromatic nitrogens is 4. The van der Waals surface area contributed by atoms with Gasteiger partial charge in [-0.3, -0.25) is 0 Å². The van der Waals surface area contributed by atoms with Crippen molar-refractivity contribution < 1.29 is 0 Å². The molecule has 0 aromatic carbocycles. The summed E-state index contributed by atoms with van der Waals surface area (Å²) in [7, 11) is 0. The first-order chi connectivity index (χ1) is 10.6. The quantitative estimate of drug-likeness (QED) is 0.802. The number of aryl methyl sites for hydroxylation is 3. The molecule has 0 aliphatic rings. The molecule has 0 spiro atoms. The molecule has 5 heteroatoms. The average Bonchev–Trinajstić information content (AvgIpc) is 2.84. The van der Waals surface area contributed by atoms with Crippen LogP contribution in [-0.4, -0.2) is 19.7 Å². The smallest absolute Gasteiger partial charge is 0.153 e. The van der Waals surface area contributed by atoms with Crippen molar-refractivity contribution in [2.75, 3.05) is 5.32 Å². The Bertz CT molecular complexity index is 774. The second-order valence-corrected chi connectivity index (χ2v) is 5.38. The molecule has 1 N–H and O–H groups in total. The van der Waals surface area contributed by atoms with Crippen LogP contribution in [0.1, 0.15) is 22.6 Å². The Kier molecular flexibility index (Phi) is 3.87. The molecule has 0 fully saturated rings. The van der Waals surface area contributed by atoms with Gasteiger partial charge in [-0.25, -0.2) is 14.6 Å².